The number of aliphatic imine (C=N–C) groups is 1. The Morgan fingerprint density at radius 2 is 1.85 bits per heavy atom. The minimum Gasteiger partial charge on any atom is -0.497 e. The highest BCUT2D eigenvalue weighted by atomic mass is 127. The van der Waals surface area contributed by atoms with E-state index in [0.717, 1.165) is 11.3 Å². The fourth-order valence-electron chi connectivity index (χ4n) is 2.24. The third kappa shape index (κ3) is 7.47. The Kier molecular flexibility index (Phi) is 9.79. The van der Waals surface area contributed by atoms with Gasteiger partial charge in [-0.2, -0.15) is 0 Å². The molecule has 0 aliphatic rings. The molecule has 5 nitrogen and oxygen atoms in total. The molecule has 0 radical (unpaired) electrons. The highest BCUT2D eigenvalue weighted by molar-refractivity contribution is 14.0. The van der Waals surface area contributed by atoms with E-state index in [1.54, 1.807) is 26.3 Å². The van der Waals surface area contributed by atoms with E-state index in [1.165, 1.54) is 12.1 Å². The van der Waals surface area contributed by atoms with E-state index in [1.807, 2.05) is 31.2 Å². The first-order valence-electron chi connectivity index (χ1n) is 8.10. The standard InChI is InChI=1S/C19H24FN3O2.HI/c1-14(25-18-9-5-7-16(20)11-18)12-22-19(21-2)23-13-15-6-4-8-17(10-15)24-3;/h4-11,14H,12-13H2,1-3H3,(H2,21,22,23);1H. The van der Waals surface area contributed by atoms with Crippen molar-refractivity contribution in [1.82, 2.24) is 10.6 Å². The molecule has 0 fully saturated rings. The molecule has 2 aromatic carbocycles. The van der Waals surface area contributed by atoms with Crippen molar-refractivity contribution in [2.24, 2.45) is 4.99 Å². The summed E-state index contributed by atoms with van der Waals surface area (Å²) < 4.78 is 24.1. The van der Waals surface area contributed by atoms with Crippen LogP contribution in [0.3, 0.4) is 0 Å². The lowest BCUT2D eigenvalue weighted by Crippen LogP contribution is -2.41. The molecule has 1 unspecified atom stereocenters. The van der Waals surface area contributed by atoms with Gasteiger partial charge in [-0.15, -0.1) is 24.0 Å². The molecule has 26 heavy (non-hydrogen) atoms. The molecule has 7 heteroatoms. The molecule has 1 atom stereocenters. The second kappa shape index (κ2) is 11.6. The van der Waals surface area contributed by atoms with Crippen LogP contribution in [0.5, 0.6) is 11.5 Å². The molecule has 0 saturated carbocycles. The molecule has 0 heterocycles. The minimum absolute atomic E-state index is 0. The van der Waals surface area contributed by atoms with E-state index in [2.05, 4.69) is 15.6 Å². The Morgan fingerprint density at radius 1 is 1.12 bits per heavy atom. The maximum atomic E-state index is 13.2. The Morgan fingerprint density at radius 3 is 2.54 bits per heavy atom. The Hall–Kier alpha value is -2.03. The van der Waals surface area contributed by atoms with Crippen molar-refractivity contribution in [2.45, 2.75) is 19.6 Å². The predicted octanol–water partition coefficient (Wildman–Crippen LogP) is 3.58. The van der Waals surface area contributed by atoms with E-state index >= 15 is 0 Å². The second-order valence-electron chi connectivity index (χ2n) is 5.54. The summed E-state index contributed by atoms with van der Waals surface area (Å²) in [6.45, 7) is 3.07. The summed E-state index contributed by atoms with van der Waals surface area (Å²) in [5.74, 6) is 1.68. The molecule has 2 N–H and O–H groups in total. The first-order valence-corrected chi connectivity index (χ1v) is 8.10. The molecular formula is C19H25FIN3O2. The van der Waals surface area contributed by atoms with E-state index in [0.29, 0.717) is 24.8 Å². The summed E-state index contributed by atoms with van der Waals surface area (Å²) in [5.41, 5.74) is 1.09. The highest BCUT2D eigenvalue weighted by Gasteiger charge is 2.06. The van der Waals surface area contributed by atoms with E-state index in [9.17, 15) is 4.39 Å². The quantitative estimate of drug-likeness (QED) is 0.367. The van der Waals surface area contributed by atoms with Crippen LogP contribution < -0.4 is 20.1 Å². The van der Waals surface area contributed by atoms with Crippen molar-refractivity contribution in [2.75, 3.05) is 20.7 Å². The molecule has 0 amide bonds. The fraction of sp³-hybridized carbons (Fsp3) is 0.316. The Bertz CT molecular complexity index is 713. The van der Waals surface area contributed by atoms with E-state index < -0.39 is 0 Å². The lowest BCUT2D eigenvalue weighted by molar-refractivity contribution is 0.223. The van der Waals surface area contributed by atoms with Crippen LogP contribution >= 0.6 is 24.0 Å². The summed E-state index contributed by atoms with van der Waals surface area (Å²) in [6.07, 6.45) is -0.142. The van der Waals surface area contributed by atoms with Gasteiger partial charge in [-0.25, -0.2) is 4.39 Å². The summed E-state index contributed by atoms with van der Waals surface area (Å²) >= 11 is 0. The molecule has 0 aromatic heterocycles. The zero-order valence-corrected chi connectivity index (χ0v) is 17.5. The SMILES string of the molecule is CN=C(NCc1cccc(OC)c1)NCC(C)Oc1cccc(F)c1.I. The van der Waals surface area contributed by atoms with Gasteiger partial charge in [0.25, 0.3) is 0 Å². The number of hydrogen-bond acceptors (Lipinski definition) is 3. The monoisotopic (exact) mass is 473 g/mol. The van der Waals surface area contributed by atoms with Crippen molar-refractivity contribution >= 4 is 29.9 Å². The maximum absolute atomic E-state index is 13.2. The largest absolute Gasteiger partial charge is 0.497 e. The van der Waals surface area contributed by atoms with Crippen molar-refractivity contribution in [3.05, 3.63) is 59.9 Å². The first-order chi connectivity index (χ1) is 12.1. The smallest absolute Gasteiger partial charge is 0.191 e. The third-order valence-corrected chi connectivity index (χ3v) is 3.51. The number of methoxy groups -OCH3 is 1. The Balaban J connectivity index is 0.00000338. The van der Waals surface area contributed by atoms with Gasteiger partial charge in [-0.3, -0.25) is 4.99 Å². The lowest BCUT2D eigenvalue weighted by Gasteiger charge is -2.18. The molecular weight excluding hydrogens is 448 g/mol. The van der Waals surface area contributed by atoms with Crippen molar-refractivity contribution in [1.29, 1.82) is 0 Å². The summed E-state index contributed by atoms with van der Waals surface area (Å²) in [5, 5.41) is 6.42. The topological polar surface area (TPSA) is 54.9 Å². The van der Waals surface area contributed by atoms with Crippen LogP contribution in [0.25, 0.3) is 0 Å². The number of nitrogens with zero attached hydrogens (tertiary/aromatic N) is 1. The van der Waals surface area contributed by atoms with Gasteiger partial charge in [0.1, 0.15) is 23.4 Å². The molecule has 0 aliphatic heterocycles. The van der Waals surface area contributed by atoms with Crippen molar-refractivity contribution in [3.63, 3.8) is 0 Å². The Labute approximate surface area is 171 Å². The number of guanidine groups is 1. The number of halogens is 2. The van der Waals surface area contributed by atoms with Gasteiger partial charge in [0.15, 0.2) is 5.96 Å². The zero-order chi connectivity index (χ0) is 18.1. The molecule has 0 saturated heterocycles. The maximum Gasteiger partial charge on any atom is 0.191 e. The normalized spacial score (nSPS) is 11.9. The van der Waals surface area contributed by atoms with Crippen LogP contribution in [0.1, 0.15) is 12.5 Å². The molecule has 2 aromatic rings. The van der Waals surface area contributed by atoms with Crippen molar-refractivity contribution < 1.29 is 13.9 Å². The number of nitrogens with one attached hydrogen (secondary N) is 2. The van der Waals surface area contributed by atoms with Gasteiger partial charge in [0.05, 0.1) is 13.7 Å². The minimum atomic E-state index is -0.312. The van der Waals surface area contributed by atoms with Crippen LogP contribution in [-0.2, 0) is 6.54 Å². The number of rotatable bonds is 7. The van der Waals surface area contributed by atoms with Gasteiger partial charge >= 0.3 is 0 Å². The van der Waals surface area contributed by atoms with Crippen LogP contribution in [0, 0.1) is 5.82 Å². The summed E-state index contributed by atoms with van der Waals surface area (Å²) in [7, 11) is 3.35. The molecule has 0 bridgehead atoms. The van der Waals surface area contributed by atoms with Crippen LogP contribution in [0.2, 0.25) is 0 Å². The van der Waals surface area contributed by atoms with E-state index in [-0.39, 0.29) is 35.9 Å². The zero-order valence-electron chi connectivity index (χ0n) is 15.2. The summed E-state index contributed by atoms with van der Waals surface area (Å²) in [4.78, 5) is 4.19. The first kappa shape index (κ1) is 22.0. The third-order valence-electron chi connectivity index (χ3n) is 3.51. The average Bonchev–Trinajstić information content (AvgIpc) is 2.62. The second-order valence-corrected chi connectivity index (χ2v) is 5.54. The van der Waals surface area contributed by atoms with Crippen LogP contribution in [-0.4, -0.2) is 32.8 Å². The number of ether oxygens (including phenoxy) is 2. The van der Waals surface area contributed by atoms with Crippen LogP contribution in [0.15, 0.2) is 53.5 Å². The lowest BCUT2D eigenvalue weighted by atomic mass is 10.2. The van der Waals surface area contributed by atoms with Gasteiger partial charge in [0, 0.05) is 19.7 Å². The van der Waals surface area contributed by atoms with Crippen LogP contribution in [0.4, 0.5) is 4.39 Å². The van der Waals surface area contributed by atoms with Gasteiger partial charge in [-0.1, -0.05) is 18.2 Å². The van der Waals surface area contributed by atoms with E-state index in [4.69, 9.17) is 9.47 Å². The number of hydrogen-bond donors (Lipinski definition) is 2. The predicted molar refractivity (Wildman–Crippen MR) is 113 cm³/mol. The van der Waals surface area contributed by atoms with Crippen molar-refractivity contribution in [3.8, 4) is 11.5 Å². The highest BCUT2D eigenvalue weighted by Crippen LogP contribution is 2.14. The van der Waals surface area contributed by atoms with Gasteiger partial charge in [0.2, 0.25) is 0 Å². The molecule has 0 spiro atoms. The molecule has 0 aliphatic carbocycles. The van der Waals surface area contributed by atoms with Gasteiger partial charge in [-0.05, 0) is 36.8 Å². The van der Waals surface area contributed by atoms with Gasteiger partial charge < -0.3 is 20.1 Å². The average molecular weight is 473 g/mol. The summed E-state index contributed by atoms with van der Waals surface area (Å²) in [6, 6.07) is 13.9. The fourth-order valence-corrected chi connectivity index (χ4v) is 2.24. The molecule has 142 valence electrons. The molecule has 2 rings (SSSR count). The number of benzene rings is 2.